The summed E-state index contributed by atoms with van der Waals surface area (Å²) in [6.07, 6.45) is 0. The number of rotatable bonds is 6. The summed E-state index contributed by atoms with van der Waals surface area (Å²) in [5.41, 5.74) is 1.000. The van der Waals surface area contributed by atoms with Gasteiger partial charge in [-0.25, -0.2) is 13.2 Å². The van der Waals surface area contributed by atoms with Gasteiger partial charge in [-0.3, -0.25) is 18.7 Å². The van der Waals surface area contributed by atoms with E-state index in [0.29, 0.717) is 16.8 Å². The molecule has 2 N–H and O–H groups in total. The standard InChI is InChI=1S/C25H24N4O5S/c1-16-9-7-8-12-20(16)26-23(30)22(17-10-5-4-6-11-17)27-35(33,34)18-13-14-21-19(15-18)24(31)29(3)25(32)28(21)2/h4-15,22,27H,1-3H3,(H,26,30)/t22-/m0/s1. The molecule has 3 aromatic carbocycles. The van der Waals surface area contributed by atoms with Gasteiger partial charge in [0.1, 0.15) is 6.04 Å². The number of benzene rings is 3. The first-order valence-electron chi connectivity index (χ1n) is 10.7. The van der Waals surface area contributed by atoms with Crippen molar-refractivity contribution in [3.63, 3.8) is 0 Å². The van der Waals surface area contributed by atoms with Gasteiger partial charge in [-0.15, -0.1) is 0 Å². The molecule has 0 saturated heterocycles. The molecule has 4 rings (SSSR count). The number of nitrogens with zero attached hydrogens (tertiary/aromatic N) is 2. The molecule has 0 fully saturated rings. The van der Waals surface area contributed by atoms with Crippen LogP contribution in [0.2, 0.25) is 0 Å². The molecule has 0 bridgehead atoms. The normalized spacial score (nSPS) is 12.4. The van der Waals surface area contributed by atoms with E-state index in [1.165, 1.54) is 36.9 Å². The van der Waals surface area contributed by atoms with Crippen LogP contribution in [0.25, 0.3) is 10.9 Å². The van der Waals surface area contributed by atoms with Gasteiger partial charge in [0.05, 0.1) is 15.8 Å². The second kappa shape index (κ2) is 9.32. The van der Waals surface area contributed by atoms with Gasteiger partial charge < -0.3 is 5.32 Å². The zero-order valence-corrected chi connectivity index (χ0v) is 20.2. The fourth-order valence-corrected chi connectivity index (χ4v) is 5.01. The van der Waals surface area contributed by atoms with Crippen molar-refractivity contribution < 1.29 is 13.2 Å². The first-order chi connectivity index (χ1) is 16.6. The molecular formula is C25H24N4O5S. The number of anilines is 1. The minimum Gasteiger partial charge on any atom is -0.324 e. The Balaban J connectivity index is 1.75. The lowest BCUT2D eigenvalue weighted by Gasteiger charge is -2.20. The molecule has 9 nitrogen and oxygen atoms in total. The number of aromatic nitrogens is 2. The van der Waals surface area contributed by atoms with Crippen LogP contribution < -0.4 is 21.3 Å². The summed E-state index contributed by atoms with van der Waals surface area (Å²) >= 11 is 0. The topological polar surface area (TPSA) is 119 Å². The number of nitrogens with one attached hydrogen (secondary N) is 2. The molecular weight excluding hydrogens is 468 g/mol. The Kier molecular flexibility index (Phi) is 6.42. The second-order valence-electron chi connectivity index (χ2n) is 8.15. The molecule has 4 aromatic rings. The Bertz CT molecular complexity index is 1660. The van der Waals surface area contributed by atoms with Crippen molar-refractivity contribution in [1.82, 2.24) is 13.9 Å². The fraction of sp³-hybridized carbons (Fsp3) is 0.160. The second-order valence-corrected chi connectivity index (χ2v) is 9.87. The van der Waals surface area contributed by atoms with Crippen molar-refractivity contribution in [2.75, 3.05) is 5.32 Å². The molecule has 35 heavy (non-hydrogen) atoms. The Morgan fingerprint density at radius 2 is 1.54 bits per heavy atom. The van der Waals surface area contributed by atoms with Crippen molar-refractivity contribution in [2.24, 2.45) is 14.1 Å². The van der Waals surface area contributed by atoms with Gasteiger partial charge in [0.25, 0.3) is 5.56 Å². The molecule has 1 atom stereocenters. The number of carbonyl (C=O) groups excluding carboxylic acids is 1. The molecule has 1 amide bonds. The van der Waals surface area contributed by atoms with Crippen molar-refractivity contribution in [3.05, 3.63) is 105 Å². The number of amides is 1. The summed E-state index contributed by atoms with van der Waals surface area (Å²) in [6.45, 7) is 1.83. The molecule has 10 heteroatoms. The maximum Gasteiger partial charge on any atom is 0.330 e. The third-order valence-corrected chi connectivity index (χ3v) is 7.24. The van der Waals surface area contributed by atoms with Crippen LogP contribution in [-0.4, -0.2) is 23.5 Å². The lowest BCUT2D eigenvalue weighted by Crippen LogP contribution is -2.38. The summed E-state index contributed by atoms with van der Waals surface area (Å²) in [6, 6.07) is 18.3. The lowest BCUT2D eigenvalue weighted by molar-refractivity contribution is -0.117. The van der Waals surface area contributed by atoms with Crippen LogP contribution >= 0.6 is 0 Å². The van der Waals surface area contributed by atoms with E-state index in [1.54, 1.807) is 42.5 Å². The van der Waals surface area contributed by atoms with Crippen LogP contribution in [0, 0.1) is 6.92 Å². The zero-order chi connectivity index (χ0) is 25.3. The zero-order valence-electron chi connectivity index (χ0n) is 19.3. The number of sulfonamides is 1. The van der Waals surface area contributed by atoms with Crippen molar-refractivity contribution in [2.45, 2.75) is 17.9 Å². The first-order valence-corrected chi connectivity index (χ1v) is 12.2. The Morgan fingerprint density at radius 3 is 2.23 bits per heavy atom. The third kappa shape index (κ3) is 4.66. The largest absolute Gasteiger partial charge is 0.330 e. The van der Waals surface area contributed by atoms with Crippen LogP contribution in [0.1, 0.15) is 17.2 Å². The first kappa shape index (κ1) is 24.1. The smallest absolute Gasteiger partial charge is 0.324 e. The summed E-state index contributed by atoms with van der Waals surface area (Å²) < 4.78 is 31.4. The van der Waals surface area contributed by atoms with Crippen LogP contribution in [-0.2, 0) is 28.9 Å². The summed E-state index contributed by atoms with van der Waals surface area (Å²) in [4.78, 5) is 37.9. The predicted octanol–water partition coefficient (Wildman–Crippen LogP) is 2.20. The number of carbonyl (C=O) groups is 1. The molecule has 0 unspecified atom stereocenters. The number of fused-ring (bicyclic) bond motifs is 1. The van der Waals surface area contributed by atoms with Gasteiger partial charge in [-0.1, -0.05) is 48.5 Å². The molecule has 0 aliphatic carbocycles. The predicted molar refractivity (Wildman–Crippen MR) is 134 cm³/mol. The van der Waals surface area contributed by atoms with Gasteiger partial charge in [0, 0.05) is 19.8 Å². The van der Waals surface area contributed by atoms with Crippen LogP contribution in [0.15, 0.2) is 87.3 Å². The quantitative estimate of drug-likeness (QED) is 0.428. The summed E-state index contributed by atoms with van der Waals surface area (Å²) in [5, 5.41) is 2.85. The maximum absolute atomic E-state index is 13.4. The van der Waals surface area contributed by atoms with E-state index >= 15 is 0 Å². The Labute approximate surface area is 201 Å². The molecule has 0 aliphatic heterocycles. The number of hydrogen-bond donors (Lipinski definition) is 2. The van der Waals surface area contributed by atoms with Crippen molar-refractivity contribution in [1.29, 1.82) is 0 Å². The lowest BCUT2D eigenvalue weighted by atomic mass is 10.1. The van der Waals surface area contributed by atoms with E-state index < -0.39 is 33.2 Å². The highest BCUT2D eigenvalue weighted by Crippen LogP contribution is 2.22. The molecule has 0 aliphatic rings. The highest BCUT2D eigenvalue weighted by molar-refractivity contribution is 7.89. The molecule has 1 aromatic heterocycles. The number of aryl methyl sites for hydroxylation is 2. The van der Waals surface area contributed by atoms with Gasteiger partial charge >= 0.3 is 5.69 Å². The van der Waals surface area contributed by atoms with Crippen molar-refractivity contribution in [3.8, 4) is 0 Å². The van der Waals surface area contributed by atoms with E-state index in [2.05, 4.69) is 10.0 Å². The number of hydrogen-bond acceptors (Lipinski definition) is 5. The Hall–Kier alpha value is -4.02. The van der Waals surface area contributed by atoms with Gasteiger partial charge in [0.2, 0.25) is 15.9 Å². The van der Waals surface area contributed by atoms with Crippen molar-refractivity contribution >= 4 is 32.5 Å². The summed E-state index contributed by atoms with van der Waals surface area (Å²) in [7, 11) is -1.42. The third-order valence-electron chi connectivity index (χ3n) is 5.82. The number of para-hydroxylation sites is 1. The monoisotopic (exact) mass is 492 g/mol. The van der Waals surface area contributed by atoms with Crippen LogP contribution in [0.4, 0.5) is 5.69 Å². The minimum absolute atomic E-state index is 0.0677. The highest BCUT2D eigenvalue weighted by Gasteiger charge is 2.28. The SMILES string of the molecule is Cc1ccccc1NC(=O)[C@@H](NS(=O)(=O)c1ccc2c(c1)c(=O)n(C)c(=O)n2C)c1ccccc1. The average Bonchev–Trinajstić information content (AvgIpc) is 2.86. The highest BCUT2D eigenvalue weighted by atomic mass is 32.2. The fourth-order valence-electron chi connectivity index (χ4n) is 3.80. The average molecular weight is 493 g/mol. The van der Waals surface area contributed by atoms with Crippen LogP contribution in [0.3, 0.4) is 0 Å². The maximum atomic E-state index is 13.4. The minimum atomic E-state index is -4.25. The summed E-state index contributed by atoms with van der Waals surface area (Å²) in [5.74, 6) is -0.562. The molecule has 0 saturated carbocycles. The molecule has 180 valence electrons. The van der Waals surface area contributed by atoms with Gasteiger partial charge in [-0.05, 0) is 42.3 Å². The van der Waals surface area contributed by atoms with E-state index in [0.717, 1.165) is 10.1 Å². The molecule has 1 heterocycles. The molecule has 0 radical (unpaired) electrons. The van der Waals surface area contributed by atoms with E-state index in [1.807, 2.05) is 19.1 Å². The Morgan fingerprint density at radius 1 is 0.886 bits per heavy atom. The van der Waals surface area contributed by atoms with Gasteiger partial charge in [-0.2, -0.15) is 4.72 Å². The van der Waals surface area contributed by atoms with E-state index in [-0.39, 0.29) is 10.3 Å². The van der Waals surface area contributed by atoms with Gasteiger partial charge in [0.15, 0.2) is 0 Å². The van der Waals surface area contributed by atoms with E-state index in [9.17, 15) is 22.8 Å². The molecule has 0 spiro atoms. The van der Waals surface area contributed by atoms with E-state index in [4.69, 9.17) is 0 Å². The van der Waals surface area contributed by atoms with Crippen LogP contribution in [0.5, 0.6) is 0 Å².